The molecule has 0 atom stereocenters. The van der Waals surface area contributed by atoms with Crippen LogP contribution in [0.4, 0.5) is 0 Å². The maximum Gasteiger partial charge on any atom is 0.230 e. The van der Waals surface area contributed by atoms with E-state index in [0.717, 1.165) is 22.8 Å². The van der Waals surface area contributed by atoms with E-state index in [1.54, 1.807) is 18.0 Å². The molecule has 0 unspecified atom stereocenters. The van der Waals surface area contributed by atoms with Crippen LogP contribution in [-0.4, -0.2) is 21.2 Å². The van der Waals surface area contributed by atoms with Gasteiger partial charge in [0.1, 0.15) is 5.82 Å². The number of para-hydroxylation sites is 1. The Bertz CT molecular complexity index is 913. The summed E-state index contributed by atoms with van der Waals surface area (Å²) in [5.41, 5.74) is 5.93. The Hall–Kier alpha value is -2.53. The number of thioether (sulfide) groups is 1. The summed E-state index contributed by atoms with van der Waals surface area (Å²) in [6.45, 7) is 6.69. The number of rotatable bonds is 7. The molecule has 2 aromatic carbocycles. The fourth-order valence-electron chi connectivity index (χ4n) is 3.19. The Labute approximate surface area is 165 Å². The first kappa shape index (κ1) is 19.2. The van der Waals surface area contributed by atoms with Crippen molar-refractivity contribution in [1.82, 2.24) is 14.9 Å². The fraction of sp³-hybridized carbons (Fsp3) is 0.273. The smallest absolute Gasteiger partial charge is 0.230 e. The van der Waals surface area contributed by atoms with Crippen LogP contribution in [0.3, 0.4) is 0 Å². The average molecular weight is 380 g/mol. The molecule has 27 heavy (non-hydrogen) atoms. The third kappa shape index (κ3) is 5.23. The minimum absolute atomic E-state index is 0.0570. The molecule has 1 heterocycles. The minimum Gasteiger partial charge on any atom is -0.351 e. The molecule has 3 aromatic rings. The molecule has 1 aromatic heterocycles. The van der Waals surface area contributed by atoms with E-state index in [2.05, 4.69) is 42.3 Å². The van der Waals surface area contributed by atoms with Crippen LogP contribution >= 0.6 is 11.8 Å². The van der Waals surface area contributed by atoms with Gasteiger partial charge in [0.15, 0.2) is 0 Å². The summed E-state index contributed by atoms with van der Waals surface area (Å²) in [5, 5.41) is 3.04. The van der Waals surface area contributed by atoms with Crippen LogP contribution < -0.4 is 5.32 Å². The van der Waals surface area contributed by atoms with Crippen LogP contribution in [0.15, 0.2) is 54.9 Å². The van der Waals surface area contributed by atoms with Gasteiger partial charge < -0.3 is 9.88 Å². The summed E-state index contributed by atoms with van der Waals surface area (Å²) in [6, 6.07) is 14.6. The lowest BCUT2D eigenvalue weighted by molar-refractivity contribution is -0.118. The van der Waals surface area contributed by atoms with Gasteiger partial charge in [0, 0.05) is 24.7 Å². The Morgan fingerprint density at radius 3 is 2.56 bits per heavy atom. The van der Waals surface area contributed by atoms with Crippen molar-refractivity contribution in [2.24, 2.45) is 0 Å². The van der Waals surface area contributed by atoms with Crippen molar-refractivity contribution in [3.63, 3.8) is 0 Å². The molecule has 5 heteroatoms. The van der Waals surface area contributed by atoms with Gasteiger partial charge in [0.05, 0.1) is 11.4 Å². The number of aromatic nitrogens is 2. The first-order chi connectivity index (χ1) is 13.0. The molecule has 0 aliphatic carbocycles. The van der Waals surface area contributed by atoms with E-state index >= 15 is 0 Å². The number of benzene rings is 2. The van der Waals surface area contributed by atoms with Gasteiger partial charge in [-0.05, 0) is 38.0 Å². The van der Waals surface area contributed by atoms with Gasteiger partial charge >= 0.3 is 0 Å². The molecule has 1 amide bonds. The summed E-state index contributed by atoms with van der Waals surface area (Å²) in [6.07, 6.45) is 3.73. The lowest BCUT2D eigenvalue weighted by Gasteiger charge is -2.12. The number of aryl methyl sites for hydroxylation is 3. The molecule has 140 valence electrons. The summed E-state index contributed by atoms with van der Waals surface area (Å²) in [7, 11) is 0. The predicted molar refractivity (Wildman–Crippen MR) is 112 cm³/mol. The lowest BCUT2D eigenvalue weighted by Crippen LogP contribution is -2.25. The van der Waals surface area contributed by atoms with Crippen LogP contribution in [0.25, 0.3) is 5.69 Å². The zero-order valence-corrected chi connectivity index (χ0v) is 16.8. The van der Waals surface area contributed by atoms with E-state index in [9.17, 15) is 4.79 Å². The molecule has 0 aliphatic rings. The molecule has 0 aliphatic heterocycles. The molecule has 1 N–H and O–H groups in total. The van der Waals surface area contributed by atoms with E-state index < -0.39 is 0 Å². The maximum absolute atomic E-state index is 12.3. The number of hydrogen-bond acceptors (Lipinski definition) is 3. The minimum atomic E-state index is 0.0570. The largest absolute Gasteiger partial charge is 0.351 e. The Balaban J connectivity index is 1.53. The van der Waals surface area contributed by atoms with Crippen molar-refractivity contribution < 1.29 is 4.79 Å². The van der Waals surface area contributed by atoms with Gasteiger partial charge in [-0.25, -0.2) is 4.98 Å². The highest BCUT2D eigenvalue weighted by atomic mass is 32.2. The highest BCUT2D eigenvalue weighted by molar-refractivity contribution is 7.99. The van der Waals surface area contributed by atoms with Crippen molar-refractivity contribution >= 4 is 17.7 Å². The van der Waals surface area contributed by atoms with E-state index in [1.807, 2.05) is 42.0 Å². The van der Waals surface area contributed by atoms with Gasteiger partial charge in [-0.1, -0.05) is 47.5 Å². The molecule has 0 saturated carbocycles. The highest BCUT2D eigenvalue weighted by Gasteiger charge is 2.08. The molecule has 0 radical (unpaired) electrons. The standard InChI is InChI=1S/C22H25N3OS/c1-16-10-17(2)12-19(11-16)14-27-15-22(26)24-13-20-6-4-5-7-21(20)25-9-8-23-18(25)3/h4-12H,13-15H2,1-3H3,(H,24,26). The number of nitrogens with zero attached hydrogens (tertiary/aromatic N) is 2. The average Bonchev–Trinajstić information content (AvgIpc) is 3.05. The number of carbonyl (C=O) groups excluding carboxylic acids is 1. The van der Waals surface area contributed by atoms with Crippen molar-refractivity contribution in [2.75, 3.05) is 5.75 Å². The maximum atomic E-state index is 12.3. The lowest BCUT2D eigenvalue weighted by atomic mass is 10.1. The summed E-state index contributed by atoms with van der Waals surface area (Å²) < 4.78 is 2.04. The second-order valence-corrected chi connectivity index (χ2v) is 7.72. The van der Waals surface area contributed by atoms with Crippen LogP contribution in [0, 0.1) is 20.8 Å². The van der Waals surface area contributed by atoms with Crippen LogP contribution in [-0.2, 0) is 17.1 Å². The van der Waals surface area contributed by atoms with E-state index in [-0.39, 0.29) is 5.91 Å². The van der Waals surface area contributed by atoms with Crippen molar-refractivity contribution in [2.45, 2.75) is 33.1 Å². The second-order valence-electron chi connectivity index (χ2n) is 6.74. The SMILES string of the molecule is Cc1cc(C)cc(CSCC(=O)NCc2ccccc2-n2ccnc2C)c1. The molecular formula is C22H25N3OS. The summed E-state index contributed by atoms with van der Waals surface area (Å²) in [5.74, 6) is 2.29. The molecule has 0 spiro atoms. The Kier molecular flexibility index (Phi) is 6.35. The van der Waals surface area contributed by atoms with Gasteiger partial charge in [-0.2, -0.15) is 0 Å². The molecular weight excluding hydrogens is 354 g/mol. The number of hydrogen-bond donors (Lipinski definition) is 1. The van der Waals surface area contributed by atoms with Crippen LogP contribution in [0.5, 0.6) is 0 Å². The molecule has 0 fully saturated rings. The van der Waals surface area contributed by atoms with Crippen molar-refractivity contribution in [3.05, 3.63) is 82.9 Å². The third-order valence-corrected chi connectivity index (χ3v) is 5.34. The van der Waals surface area contributed by atoms with Crippen molar-refractivity contribution in [1.29, 1.82) is 0 Å². The fourth-order valence-corrected chi connectivity index (χ4v) is 3.98. The predicted octanol–water partition coefficient (Wildman–Crippen LogP) is 4.35. The molecule has 3 rings (SSSR count). The van der Waals surface area contributed by atoms with Gasteiger partial charge in [0.2, 0.25) is 5.91 Å². The number of nitrogens with one attached hydrogen (secondary N) is 1. The number of imidazole rings is 1. The molecule has 0 saturated heterocycles. The quantitative estimate of drug-likeness (QED) is 0.664. The van der Waals surface area contributed by atoms with Gasteiger partial charge in [-0.15, -0.1) is 11.8 Å². The van der Waals surface area contributed by atoms with Gasteiger partial charge in [-0.3, -0.25) is 4.79 Å². The zero-order chi connectivity index (χ0) is 19.2. The Morgan fingerprint density at radius 1 is 1.11 bits per heavy atom. The number of carbonyl (C=O) groups is 1. The topological polar surface area (TPSA) is 46.9 Å². The van der Waals surface area contributed by atoms with E-state index in [0.29, 0.717) is 12.3 Å². The third-order valence-electron chi connectivity index (χ3n) is 4.34. The summed E-state index contributed by atoms with van der Waals surface area (Å²) in [4.78, 5) is 16.5. The monoisotopic (exact) mass is 379 g/mol. The summed E-state index contributed by atoms with van der Waals surface area (Å²) >= 11 is 1.64. The van der Waals surface area contributed by atoms with Crippen molar-refractivity contribution in [3.8, 4) is 5.69 Å². The van der Waals surface area contributed by atoms with Crippen LogP contribution in [0.2, 0.25) is 0 Å². The van der Waals surface area contributed by atoms with E-state index in [4.69, 9.17) is 0 Å². The zero-order valence-electron chi connectivity index (χ0n) is 16.0. The second kappa shape index (κ2) is 8.91. The highest BCUT2D eigenvalue weighted by Crippen LogP contribution is 2.17. The Morgan fingerprint density at radius 2 is 1.85 bits per heavy atom. The van der Waals surface area contributed by atoms with Gasteiger partial charge in [0.25, 0.3) is 0 Å². The number of amides is 1. The molecule has 0 bridgehead atoms. The normalized spacial score (nSPS) is 10.8. The molecule has 4 nitrogen and oxygen atoms in total. The first-order valence-corrected chi connectivity index (χ1v) is 10.2. The van der Waals surface area contributed by atoms with Crippen LogP contribution in [0.1, 0.15) is 28.1 Å². The van der Waals surface area contributed by atoms with E-state index in [1.165, 1.54) is 16.7 Å². The first-order valence-electron chi connectivity index (χ1n) is 9.03.